The van der Waals surface area contributed by atoms with Gasteiger partial charge in [0.25, 0.3) is 0 Å². The first-order valence-corrected chi connectivity index (χ1v) is 18.8. The van der Waals surface area contributed by atoms with Crippen LogP contribution in [0.4, 0.5) is 11.4 Å². The average Bonchev–Trinajstić information content (AvgIpc) is 3.29. The number of ether oxygens (including phenoxy) is 1. The molecular formula is C33H44Cl2N2ORu-2. The third kappa shape index (κ3) is 9.63. The zero-order valence-corrected chi connectivity index (χ0v) is 28.1. The smallest absolute Gasteiger partial charge is 0.0146 e. The van der Waals surface area contributed by atoms with Crippen LogP contribution in [0.5, 0.6) is 5.75 Å². The van der Waals surface area contributed by atoms with Crippen molar-refractivity contribution in [3.63, 3.8) is 0 Å². The van der Waals surface area contributed by atoms with Crippen molar-refractivity contribution >= 4 is 35.4 Å². The van der Waals surface area contributed by atoms with E-state index in [1.165, 1.54) is 44.8 Å². The molecule has 0 aromatic heterocycles. The van der Waals surface area contributed by atoms with Gasteiger partial charge in [-0.05, 0) is 63.8 Å². The fourth-order valence-electron chi connectivity index (χ4n) is 5.10. The van der Waals surface area contributed by atoms with E-state index in [4.69, 9.17) is 24.1 Å². The van der Waals surface area contributed by atoms with Gasteiger partial charge in [0.05, 0.1) is 0 Å². The first-order valence-electron chi connectivity index (χ1n) is 13.3. The molecule has 0 bridgehead atoms. The Morgan fingerprint density at radius 3 is 1.59 bits per heavy atom. The summed E-state index contributed by atoms with van der Waals surface area (Å²) in [5.41, 5.74) is 11.8. The maximum absolute atomic E-state index is 5.82. The van der Waals surface area contributed by atoms with Crippen molar-refractivity contribution in [1.82, 2.24) is 0 Å². The van der Waals surface area contributed by atoms with E-state index in [-0.39, 0.29) is 6.10 Å². The first-order chi connectivity index (χ1) is 18.5. The van der Waals surface area contributed by atoms with E-state index in [0.29, 0.717) is 0 Å². The molecule has 1 saturated heterocycles. The second-order valence-electron chi connectivity index (χ2n) is 10.0. The van der Waals surface area contributed by atoms with Crippen LogP contribution < -0.4 is 14.5 Å². The summed E-state index contributed by atoms with van der Waals surface area (Å²) in [6, 6.07) is 16.9. The Morgan fingerprint density at radius 2 is 1.21 bits per heavy atom. The van der Waals surface area contributed by atoms with Crippen molar-refractivity contribution in [3.8, 4) is 5.75 Å². The molecule has 0 saturated carbocycles. The average molecular weight is 657 g/mol. The second-order valence-corrected chi connectivity index (χ2v) is 15.7. The Kier molecular flexibility index (Phi) is 13.5. The fourth-order valence-corrected chi connectivity index (χ4v) is 6.90. The minimum absolute atomic E-state index is 0.163. The zero-order chi connectivity index (χ0) is 29.3. The molecule has 0 radical (unpaired) electrons. The van der Waals surface area contributed by atoms with Gasteiger partial charge in [-0.25, -0.2) is 0 Å². The van der Waals surface area contributed by atoms with Gasteiger partial charge in [0.2, 0.25) is 0 Å². The van der Waals surface area contributed by atoms with Crippen molar-refractivity contribution in [2.45, 2.75) is 68.4 Å². The van der Waals surface area contributed by atoms with Crippen LogP contribution in [0.1, 0.15) is 59.7 Å². The molecule has 0 atom stereocenters. The molecule has 1 aliphatic rings. The molecule has 1 aliphatic heterocycles. The monoisotopic (exact) mass is 656 g/mol. The molecule has 6 heteroatoms. The van der Waals surface area contributed by atoms with Gasteiger partial charge >= 0.3 is 97.8 Å². The minimum atomic E-state index is -1.77. The van der Waals surface area contributed by atoms with Crippen LogP contribution >= 0.6 is 19.4 Å². The summed E-state index contributed by atoms with van der Waals surface area (Å²) in [6.45, 7) is 26.6. The van der Waals surface area contributed by atoms with Gasteiger partial charge in [-0.15, -0.1) is 0 Å². The molecule has 0 amide bonds. The molecule has 3 aromatic carbocycles. The summed E-state index contributed by atoms with van der Waals surface area (Å²) in [5, 5.41) is 0. The number of benzene rings is 3. The Labute approximate surface area is 250 Å². The third-order valence-electron chi connectivity index (χ3n) is 6.17. The summed E-state index contributed by atoms with van der Waals surface area (Å²) < 4.78 is 7.51. The number of halogens is 2. The molecular weight excluding hydrogens is 612 g/mol. The molecule has 1 heterocycles. The predicted octanol–water partition coefficient (Wildman–Crippen LogP) is 9.37. The zero-order valence-electron chi connectivity index (χ0n) is 24.9. The van der Waals surface area contributed by atoms with Crippen LogP contribution in [-0.4, -0.2) is 23.8 Å². The van der Waals surface area contributed by atoms with Crippen LogP contribution in [0.3, 0.4) is 0 Å². The first kappa shape index (κ1) is 33.3. The van der Waals surface area contributed by atoms with Crippen LogP contribution in [0.25, 0.3) is 0 Å². The summed E-state index contributed by atoms with van der Waals surface area (Å²) in [6.07, 6.45) is 0.163. The van der Waals surface area contributed by atoms with Crippen molar-refractivity contribution in [2.24, 2.45) is 0 Å². The summed E-state index contributed by atoms with van der Waals surface area (Å²) in [7, 11) is 11.6. The van der Waals surface area contributed by atoms with E-state index in [2.05, 4.69) is 89.2 Å². The Morgan fingerprint density at radius 1 is 0.795 bits per heavy atom. The molecule has 0 aliphatic carbocycles. The summed E-state index contributed by atoms with van der Waals surface area (Å²) in [4.78, 5) is 4.81. The molecule has 0 N–H and O–H groups in total. The standard InChI is InChI=1S/C21H27N2.C10H12O.C2H5.2ClH.Ru/c1-14-9-16(3)20(17(4)10-14)22-7-8-23(13-22)21-18(5)11-15(2)12-19(21)6;1-8(2)11-10-7-5-4-6-9(10)3;1-2;;;/h9-13H,7-8H2,1-6H3;3-8H,1-2H3;1H2,2H3;2*1H;/q-1;;-1;;;+2/p-2. The van der Waals surface area contributed by atoms with E-state index in [9.17, 15) is 0 Å². The SMILES string of the molecule is CC(C)Oc1ccccc1[CH]=[Ru]([Cl])[Cl].Cc1cc(C)c(N2[CH-]N(c3c(C)cc(C)cc3C)CC2)c(C)c1.[CH2-]C. The predicted molar refractivity (Wildman–Crippen MR) is 170 cm³/mol. The van der Waals surface area contributed by atoms with Gasteiger partial charge in [0.15, 0.2) is 0 Å². The van der Waals surface area contributed by atoms with Crippen molar-refractivity contribution in [2.75, 3.05) is 22.9 Å². The van der Waals surface area contributed by atoms with Crippen LogP contribution in [0.15, 0.2) is 48.5 Å². The number of aryl methyl sites for hydroxylation is 6. The van der Waals surface area contributed by atoms with Crippen LogP contribution in [0, 0.1) is 55.1 Å². The Hall–Kier alpha value is -1.87. The van der Waals surface area contributed by atoms with Gasteiger partial charge in [0, 0.05) is 24.5 Å². The molecule has 1 fully saturated rings. The van der Waals surface area contributed by atoms with Crippen LogP contribution in [0.2, 0.25) is 0 Å². The fraction of sp³-hybridized carbons (Fsp3) is 0.364. The van der Waals surface area contributed by atoms with Gasteiger partial charge < -0.3 is 16.7 Å². The normalized spacial score (nSPS) is 12.9. The largest absolute Gasteiger partial charge is 0.502 e. The molecule has 39 heavy (non-hydrogen) atoms. The second kappa shape index (κ2) is 15.8. The number of nitrogens with zero attached hydrogens (tertiary/aromatic N) is 2. The topological polar surface area (TPSA) is 15.7 Å². The van der Waals surface area contributed by atoms with E-state index in [1.54, 1.807) is 6.92 Å². The number of rotatable bonds is 5. The van der Waals surface area contributed by atoms with E-state index in [1.807, 2.05) is 42.7 Å². The number of anilines is 2. The molecule has 0 unspecified atom stereocenters. The van der Waals surface area contributed by atoms with Gasteiger partial charge in [-0.2, -0.15) is 13.6 Å². The van der Waals surface area contributed by atoms with Crippen molar-refractivity contribution in [3.05, 3.63) is 101 Å². The Balaban J connectivity index is 0.000000287. The van der Waals surface area contributed by atoms with E-state index >= 15 is 0 Å². The number of para-hydroxylation sites is 1. The van der Waals surface area contributed by atoms with E-state index in [0.717, 1.165) is 24.4 Å². The van der Waals surface area contributed by atoms with Crippen molar-refractivity contribution < 1.29 is 18.3 Å². The molecule has 4 rings (SSSR count). The quantitative estimate of drug-likeness (QED) is 0.201. The number of hydrogen-bond donors (Lipinski definition) is 0. The summed E-state index contributed by atoms with van der Waals surface area (Å²) >= 11 is -1.77. The minimum Gasteiger partial charge on any atom is -0.502 e. The maximum atomic E-state index is 5.82. The van der Waals surface area contributed by atoms with E-state index < -0.39 is 13.5 Å². The third-order valence-corrected chi connectivity index (χ3v) is 8.01. The number of hydrogen-bond acceptors (Lipinski definition) is 3. The van der Waals surface area contributed by atoms with Crippen LogP contribution in [-0.2, 0) is 13.5 Å². The maximum Gasteiger partial charge on any atom is 0.0146 e. The summed E-state index contributed by atoms with van der Waals surface area (Å²) in [5.74, 6) is 0.850. The van der Waals surface area contributed by atoms with Gasteiger partial charge in [-0.3, -0.25) is 0 Å². The Bertz CT molecular complexity index is 1160. The molecule has 3 aromatic rings. The van der Waals surface area contributed by atoms with Gasteiger partial charge in [0.1, 0.15) is 0 Å². The van der Waals surface area contributed by atoms with Crippen molar-refractivity contribution in [1.29, 1.82) is 0 Å². The molecule has 0 spiro atoms. The molecule has 3 nitrogen and oxygen atoms in total. The molecule has 216 valence electrons. The van der Waals surface area contributed by atoms with Gasteiger partial charge in [-0.1, -0.05) is 35.4 Å².